The first-order valence-electron chi connectivity index (χ1n) is 8.78. The van der Waals surface area contributed by atoms with E-state index in [0.717, 1.165) is 35.0 Å². The Morgan fingerprint density at radius 3 is 2.77 bits per heavy atom. The molecule has 5 nitrogen and oxygen atoms in total. The molecule has 0 saturated heterocycles. The van der Waals surface area contributed by atoms with E-state index in [2.05, 4.69) is 4.98 Å². The third-order valence-electron chi connectivity index (χ3n) is 4.87. The molecule has 3 aromatic rings. The lowest BCUT2D eigenvalue weighted by Crippen LogP contribution is -2.44. The minimum absolute atomic E-state index is 0.0872. The first kappa shape index (κ1) is 16.4. The zero-order valence-electron chi connectivity index (χ0n) is 14.6. The van der Waals surface area contributed by atoms with E-state index < -0.39 is 5.97 Å². The van der Waals surface area contributed by atoms with Crippen LogP contribution < -0.4 is 4.90 Å². The van der Waals surface area contributed by atoms with E-state index >= 15 is 0 Å². The summed E-state index contributed by atoms with van der Waals surface area (Å²) < 4.78 is 5.27. The third kappa shape index (κ3) is 2.96. The number of aromatic nitrogens is 1. The number of nitrogens with one attached hydrogen (secondary N) is 1. The van der Waals surface area contributed by atoms with E-state index in [0.29, 0.717) is 5.69 Å². The number of hydrogen-bond donors (Lipinski definition) is 1. The van der Waals surface area contributed by atoms with E-state index in [1.165, 1.54) is 0 Å². The van der Waals surface area contributed by atoms with Crippen LogP contribution in [0.2, 0.25) is 0 Å². The number of benzene rings is 2. The number of ether oxygens (including phenoxy) is 1. The minimum atomic E-state index is -0.521. The molecule has 26 heavy (non-hydrogen) atoms. The first-order valence-corrected chi connectivity index (χ1v) is 8.78. The Balaban J connectivity index is 1.47. The van der Waals surface area contributed by atoms with E-state index in [-0.39, 0.29) is 18.6 Å². The maximum Gasteiger partial charge on any atom is 0.355 e. The van der Waals surface area contributed by atoms with Crippen molar-refractivity contribution in [1.29, 1.82) is 0 Å². The second kappa shape index (κ2) is 6.67. The SMILES string of the molecule is C[C@@H]1CCc2ccccc2N1C(=O)COC(=O)c1cc2ccccc2[nH]1. The molecule has 0 unspecified atom stereocenters. The maximum absolute atomic E-state index is 12.7. The van der Waals surface area contributed by atoms with Crippen LogP contribution in [0.25, 0.3) is 10.9 Å². The molecule has 2 heterocycles. The molecule has 0 spiro atoms. The third-order valence-corrected chi connectivity index (χ3v) is 4.87. The second-order valence-electron chi connectivity index (χ2n) is 6.63. The van der Waals surface area contributed by atoms with Gasteiger partial charge in [-0.1, -0.05) is 36.4 Å². The van der Waals surface area contributed by atoms with Gasteiger partial charge in [0.25, 0.3) is 5.91 Å². The highest BCUT2D eigenvalue weighted by Crippen LogP contribution is 2.30. The molecule has 1 N–H and O–H groups in total. The molecular weight excluding hydrogens is 328 g/mol. The predicted octanol–water partition coefficient (Wildman–Crippen LogP) is 3.69. The van der Waals surface area contributed by atoms with Gasteiger partial charge in [0.1, 0.15) is 5.69 Å². The molecule has 4 rings (SSSR count). The van der Waals surface area contributed by atoms with Crippen LogP contribution in [0.15, 0.2) is 54.6 Å². The number of aryl methyl sites for hydroxylation is 1. The van der Waals surface area contributed by atoms with Gasteiger partial charge in [0.15, 0.2) is 6.61 Å². The minimum Gasteiger partial charge on any atom is -0.451 e. The highest BCUT2D eigenvalue weighted by molar-refractivity contribution is 5.99. The van der Waals surface area contributed by atoms with Crippen LogP contribution >= 0.6 is 0 Å². The second-order valence-corrected chi connectivity index (χ2v) is 6.63. The number of para-hydroxylation sites is 2. The van der Waals surface area contributed by atoms with Crippen molar-refractivity contribution in [3.63, 3.8) is 0 Å². The zero-order valence-corrected chi connectivity index (χ0v) is 14.6. The van der Waals surface area contributed by atoms with E-state index in [9.17, 15) is 9.59 Å². The number of hydrogen-bond acceptors (Lipinski definition) is 3. The number of anilines is 1. The molecule has 132 valence electrons. The van der Waals surface area contributed by atoms with Crippen molar-refractivity contribution in [2.75, 3.05) is 11.5 Å². The van der Waals surface area contributed by atoms with Crippen LogP contribution in [0.3, 0.4) is 0 Å². The summed E-state index contributed by atoms with van der Waals surface area (Å²) in [5, 5.41) is 0.935. The number of carbonyl (C=O) groups is 2. The van der Waals surface area contributed by atoms with Gasteiger partial charge in [-0.15, -0.1) is 0 Å². The summed E-state index contributed by atoms with van der Waals surface area (Å²) in [6.45, 7) is 1.75. The van der Waals surface area contributed by atoms with Crippen molar-refractivity contribution in [3.05, 3.63) is 65.9 Å². The molecule has 1 aromatic heterocycles. The fourth-order valence-corrected chi connectivity index (χ4v) is 3.53. The molecule has 0 radical (unpaired) electrons. The van der Waals surface area contributed by atoms with E-state index in [4.69, 9.17) is 4.74 Å². The fourth-order valence-electron chi connectivity index (χ4n) is 3.53. The summed E-state index contributed by atoms with van der Waals surface area (Å²) in [6.07, 6.45) is 1.86. The Morgan fingerprint density at radius 1 is 1.15 bits per heavy atom. The van der Waals surface area contributed by atoms with Crippen molar-refractivity contribution < 1.29 is 14.3 Å². The van der Waals surface area contributed by atoms with Crippen molar-refractivity contribution in [3.8, 4) is 0 Å². The smallest absolute Gasteiger partial charge is 0.355 e. The first-order chi connectivity index (χ1) is 12.6. The average molecular weight is 348 g/mol. The number of esters is 1. The fraction of sp³-hybridized carbons (Fsp3) is 0.238. The van der Waals surface area contributed by atoms with Crippen molar-refractivity contribution in [2.24, 2.45) is 0 Å². The van der Waals surface area contributed by atoms with Crippen LogP contribution in [0.1, 0.15) is 29.4 Å². The highest BCUT2D eigenvalue weighted by atomic mass is 16.5. The van der Waals surface area contributed by atoms with E-state index in [1.807, 2.05) is 55.5 Å². The lowest BCUT2D eigenvalue weighted by molar-refractivity contribution is -0.122. The Hall–Kier alpha value is -3.08. The molecule has 5 heteroatoms. The summed E-state index contributed by atoms with van der Waals surface area (Å²) in [5.41, 5.74) is 3.29. The number of aromatic amines is 1. The molecule has 1 amide bonds. The van der Waals surface area contributed by atoms with Crippen LogP contribution in [0.4, 0.5) is 5.69 Å². The van der Waals surface area contributed by atoms with Gasteiger partial charge in [0.2, 0.25) is 0 Å². The standard InChI is InChI=1S/C21H20N2O3/c1-14-10-11-15-6-3-5-9-19(15)23(14)20(24)13-26-21(25)18-12-16-7-2-4-8-17(16)22-18/h2-9,12,14,22H,10-11,13H2,1H3/t14-/m1/s1. The van der Waals surface area contributed by atoms with Gasteiger partial charge in [-0.2, -0.15) is 0 Å². The van der Waals surface area contributed by atoms with Gasteiger partial charge in [-0.05, 0) is 43.5 Å². The van der Waals surface area contributed by atoms with Crippen molar-refractivity contribution in [1.82, 2.24) is 4.98 Å². The lowest BCUT2D eigenvalue weighted by Gasteiger charge is -2.35. The Kier molecular flexibility index (Phi) is 4.21. The average Bonchev–Trinajstić information content (AvgIpc) is 3.10. The Bertz CT molecular complexity index is 943. The normalized spacial score (nSPS) is 16.3. The van der Waals surface area contributed by atoms with Gasteiger partial charge < -0.3 is 14.6 Å². The van der Waals surface area contributed by atoms with Crippen molar-refractivity contribution >= 4 is 28.5 Å². The molecule has 0 bridgehead atoms. The number of fused-ring (bicyclic) bond motifs is 2. The van der Waals surface area contributed by atoms with Crippen LogP contribution in [0, 0.1) is 0 Å². The summed E-state index contributed by atoms with van der Waals surface area (Å²) in [4.78, 5) is 29.8. The van der Waals surface area contributed by atoms with Crippen LogP contribution in [-0.2, 0) is 16.0 Å². The largest absolute Gasteiger partial charge is 0.451 e. The number of H-pyrrole nitrogens is 1. The zero-order chi connectivity index (χ0) is 18.1. The molecule has 0 aliphatic carbocycles. The number of amides is 1. The lowest BCUT2D eigenvalue weighted by atomic mass is 9.96. The monoisotopic (exact) mass is 348 g/mol. The molecule has 1 aliphatic heterocycles. The van der Waals surface area contributed by atoms with Gasteiger partial charge >= 0.3 is 5.97 Å². The quantitative estimate of drug-likeness (QED) is 0.734. The number of rotatable bonds is 3. The maximum atomic E-state index is 12.7. The molecule has 2 aromatic carbocycles. The Morgan fingerprint density at radius 2 is 1.92 bits per heavy atom. The van der Waals surface area contributed by atoms with Crippen molar-refractivity contribution in [2.45, 2.75) is 25.8 Å². The number of nitrogens with zero attached hydrogens (tertiary/aromatic N) is 1. The molecule has 1 atom stereocenters. The van der Waals surface area contributed by atoms with Gasteiger partial charge in [-0.25, -0.2) is 4.79 Å². The van der Waals surface area contributed by atoms with Gasteiger partial charge in [0, 0.05) is 22.6 Å². The highest BCUT2D eigenvalue weighted by Gasteiger charge is 2.28. The molecule has 1 aliphatic rings. The molecule has 0 fully saturated rings. The predicted molar refractivity (Wildman–Crippen MR) is 100 cm³/mol. The molecular formula is C21H20N2O3. The number of carbonyl (C=O) groups excluding carboxylic acids is 2. The molecule has 0 saturated carbocycles. The summed E-state index contributed by atoms with van der Waals surface area (Å²) >= 11 is 0. The van der Waals surface area contributed by atoms with Gasteiger partial charge in [-0.3, -0.25) is 4.79 Å². The summed E-state index contributed by atoms with van der Waals surface area (Å²) in [7, 11) is 0. The van der Waals surface area contributed by atoms with Crippen LogP contribution in [-0.4, -0.2) is 29.5 Å². The van der Waals surface area contributed by atoms with Crippen LogP contribution in [0.5, 0.6) is 0 Å². The summed E-state index contributed by atoms with van der Waals surface area (Å²) in [6, 6.07) is 17.3. The van der Waals surface area contributed by atoms with E-state index in [1.54, 1.807) is 11.0 Å². The summed E-state index contributed by atoms with van der Waals surface area (Å²) in [5.74, 6) is -0.721. The topological polar surface area (TPSA) is 62.4 Å². The van der Waals surface area contributed by atoms with Gasteiger partial charge in [0.05, 0.1) is 0 Å². The Labute approximate surface area is 151 Å².